The fourth-order valence-corrected chi connectivity index (χ4v) is 1.99. The molecule has 0 aromatic heterocycles. The highest BCUT2D eigenvalue weighted by atomic mass is 35.5. The summed E-state index contributed by atoms with van der Waals surface area (Å²) >= 11 is 11.8. The summed E-state index contributed by atoms with van der Waals surface area (Å²) in [5.41, 5.74) is 0.553. The number of alkyl halides is 2. The monoisotopic (exact) mass is 316 g/mol. The molecule has 6 heteroatoms. The van der Waals surface area contributed by atoms with Gasteiger partial charge in [0, 0.05) is 16.1 Å². The van der Waals surface area contributed by atoms with E-state index in [0.717, 1.165) is 0 Å². The first kappa shape index (κ1) is 14.8. The number of halogens is 4. The molecule has 0 atom stereocenters. The average Bonchev–Trinajstić information content (AvgIpc) is 2.41. The molecule has 104 valence electrons. The summed E-state index contributed by atoms with van der Waals surface area (Å²) in [5.74, 6) is -0.366. The van der Waals surface area contributed by atoms with Crippen LogP contribution in [0.1, 0.15) is 15.9 Å². The van der Waals surface area contributed by atoms with Crippen molar-refractivity contribution in [3.63, 3.8) is 0 Å². The zero-order chi connectivity index (χ0) is 14.7. The lowest BCUT2D eigenvalue weighted by atomic mass is 10.0. The smallest absolute Gasteiger partial charge is 0.387 e. The number of hydrogen-bond acceptors (Lipinski definition) is 2. The maximum atomic E-state index is 12.2. The molecule has 0 N–H and O–H groups in total. The van der Waals surface area contributed by atoms with E-state index in [1.807, 2.05) is 0 Å². The fourth-order valence-electron chi connectivity index (χ4n) is 1.61. The van der Waals surface area contributed by atoms with Crippen LogP contribution in [0.5, 0.6) is 5.75 Å². The predicted molar refractivity (Wildman–Crippen MR) is 73.0 cm³/mol. The Morgan fingerprint density at radius 3 is 2.30 bits per heavy atom. The van der Waals surface area contributed by atoms with Crippen LogP contribution in [0.25, 0.3) is 0 Å². The first-order valence-electron chi connectivity index (χ1n) is 5.52. The van der Waals surface area contributed by atoms with Crippen molar-refractivity contribution in [3.05, 3.63) is 63.6 Å². The van der Waals surface area contributed by atoms with E-state index in [1.54, 1.807) is 6.07 Å². The van der Waals surface area contributed by atoms with Crippen LogP contribution in [-0.4, -0.2) is 12.4 Å². The first-order chi connectivity index (χ1) is 9.47. The minimum atomic E-state index is -2.90. The van der Waals surface area contributed by atoms with Crippen molar-refractivity contribution < 1.29 is 18.3 Å². The van der Waals surface area contributed by atoms with Crippen LogP contribution < -0.4 is 4.74 Å². The number of carbonyl (C=O) groups excluding carboxylic acids is 1. The normalized spacial score (nSPS) is 10.7. The fraction of sp³-hybridized carbons (Fsp3) is 0.0714. The molecule has 0 fully saturated rings. The van der Waals surface area contributed by atoms with Gasteiger partial charge >= 0.3 is 6.61 Å². The Labute approximate surface area is 123 Å². The molecule has 0 radical (unpaired) electrons. The molecule has 0 aliphatic carbocycles. The van der Waals surface area contributed by atoms with Gasteiger partial charge in [-0.25, -0.2) is 0 Å². The highest BCUT2D eigenvalue weighted by Crippen LogP contribution is 2.24. The van der Waals surface area contributed by atoms with Gasteiger partial charge in [0.15, 0.2) is 5.78 Å². The highest BCUT2D eigenvalue weighted by Gasteiger charge is 2.14. The van der Waals surface area contributed by atoms with Gasteiger partial charge in [0.2, 0.25) is 0 Å². The second-order valence-corrected chi connectivity index (χ2v) is 4.70. The molecule has 2 nitrogen and oxygen atoms in total. The lowest BCUT2D eigenvalue weighted by molar-refractivity contribution is -0.0498. The third-order valence-electron chi connectivity index (χ3n) is 2.51. The third-order valence-corrected chi connectivity index (χ3v) is 3.08. The Morgan fingerprint density at radius 2 is 1.70 bits per heavy atom. The summed E-state index contributed by atoms with van der Waals surface area (Å²) in [6.45, 7) is -2.90. The molecule has 0 spiro atoms. The summed E-state index contributed by atoms with van der Waals surface area (Å²) in [6, 6.07) is 9.89. The van der Waals surface area contributed by atoms with Gasteiger partial charge in [0.1, 0.15) is 5.75 Å². The number of ketones is 1. The molecular weight excluding hydrogens is 309 g/mol. The van der Waals surface area contributed by atoms with Crippen molar-refractivity contribution in [2.75, 3.05) is 0 Å². The van der Waals surface area contributed by atoms with Crippen LogP contribution in [0.3, 0.4) is 0 Å². The third kappa shape index (κ3) is 3.46. The standard InChI is InChI=1S/C14H8Cl2F2O2/c15-9-3-6-12(16)11(7-9)13(19)8-1-4-10(5-2-8)20-14(17)18/h1-7,14H. The van der Waals surface area contributed by atoms with E-state index in [4.69, 9.17) is 23.2 Å². The summed E-state index contributed by atoms with van der Waals surface area (Å²) < 4.78 is 28.2. The average molecular weight is 317 g/mol. The molecule has 0 aliphatic rings. The van der Waals surface area contributed by atoms with Crippen LogP contribution >= 0.6 is 23.2 Å². The number of benzene rings is 2. The zero-order valence-electron chi connectivity index (χ0n) is 9.95. The summed E-state index contributed by atoms with van der Waals surface area (Å²) in [6.07, 6.45) is 0. The number of rotatable bonds is 4. The van der Waals surface area contributed by atoms with E-state index in [9.17, 15) is 13.6 Å². The zero-order valence-corrected chi connectivity index (χ0v) is 11.5. The van der Waals surface area contributed by atoms with Gasteiger partial charge in [-0.2, -0.15) is 8.78 Å². The van der Waals surface area contributed by atoms with E-state index >= 15 is 0 Å². The molecule has 2 aromatic carbocycles. The van der Waals surface area contributed by atoms with E-state index in [-0.39, 0.29) is 22.1 Å². The van der Waals surface area contributed by atoms with Crippen LogP contribution in [0, 0.1) is 0 Å². The maximum absolute atomic E-state index is 12.2. The maximum Gasteiger partial charge on any atom is 0.387 e. The van der Waals surface area contributed by atoms with Crippen LogP contribution in [0.2, 0.25) is 10.0 Å². The van der Waals surface area contributed by atoms with Crippen LogP contribution in [-0.2, 0) is 0 Å². The van der Waals surface area contributed by atoms with Crippen molar-refractivity contribution >= 4 is 29.0 Å². The van der Waals surface area contributed by atoms with Gasteiger partial charge in [-0.1, -0.05) is 23.2 Å². The molecule has 2 aromatic rings. The van der Waals surface area contributed by atoms with Gasteiger partial charge < -0.3 is 4.74 Å². The SMILES string of the molecule is O=C(c1ccc(OC(F)F)cc1)c1cc(Cl)ccc1Cl. The van der Waals surface area contributed by atoms with Crippen molar-refractivity contribution in [2.45, 2.75) is 6.61 Å². The Balaban J connectivity index is 2.27. The molecule has 0 saturated heterocycles. The van der Waals surface area contributed by atoms with E-state index in [1.165, 1.54) is 36.4 Å². The molecule has 0 amide bonds. The Bertz CT molecular complexity index is 628. The molecule has 0 saturated carbocycles. The van der Waals surface area contributed by atoms with Gasteiger partial charge in [-0.05, 0) is 42.5 Å². The van der Waals surface area contributed by atoms with E-state index in [2.05, 4.69) is 4.74 Å². The predicted octanol–water partition coefficient (Wildman–Crippen LogP) is 4.83. The summed E-state index contributed by atoms with van der Waals surface area (Å²) in [4.78, 5) is 12.2. The second kappa shape index (κ2) is 6.20. The summed E-state index contributed by atoms with van der Waals surface area (Å²) in [5, 5.41) is 0.655. The molecule has 20 heavy (non-hydrogen) atoms. The minimum Gasteiger partial charge on any atom is -0.435 e. The Hall–Kier alpha value is -1.65. The molecule has 0 unspecified atom stereocenters. The highest BCUT2D eigenvalue weighted by molar-refractivity contribution is 6.36. The van der Waals surface area contributed by atoms with Crippen molar-refractivity contribution in [2.24, 2.45) is 0 Å². The lowest BCUT2D eigenvalue weighted by Crippen LogP contribution is -2.04. The van der Waals surface area contributed by atoms with Crippen molar-refractivity contribution in [1.82, 2.24) is 0 Å². The molecule has 0 bridgehead atoms. The largest absolute Gasteiger partial charge is 0.435 e. The van der Waals surface area contributed by atoms with Gasteiger partial charge in [0.05, 0.1) is 5.02 Å². The lowest BCUT2D eigenvalue weighted by Gasteiger charge is -2.07. The first-order valence-corrected chi connectivity index (χ1v) is 6.27. The number of carbonyl (C=O) groups is 1. The van der Waals surface area contributed by atoms with Gasteiger partial charge in [-0.15, -0.1) is 0 Å². The quantitative estimate of drug-likeness (QED) is 0.755. The molecular formula is C14H8Cl2F2O2. The number of hydrogen-bond donors (Lipinski definition) is 0. The van der Waals surface area contributed by atoms with Gasteiger partial charge in [-0.3, -0.25) is 4.79 Å². The van der Waals surface area contributed by atoms with Crippen molar-refractivity contribution in [1.29, 1.82) is 0 Å². The van der Waals surface area contributed by atoms with E-state index < -0.39 is 6.61 Å². The summed E-state index contributed by atoms with van der Waals surface area (Å²) in [7, 11) is 0. The second-order valence-electron chi connectivity index (χ2n) is 3.86. The van der Waals surface area contributed by atoms with Crippen molar-refractivity contribution in [3.8, 4) is 5.75 Å². The Kier molecular flexibility index (Phi) is 4.57. The Morgan fingerprint density at radius 1 is 1.05 bits per heavy atom. The van der Waals surface area contributed by atoms with E-state index in [0.29, 0.717) is 10.6 Å². The minimum absolute atomic E-state index is 0.0197. The molecule has 0 aliphatic heterocycles. The number of ether oxygens (including phenoxy) is 1. The van der Waals surface area contributed by atoms with Gasteiger partial charge in [0.25, 0.3) is 0 Å². The molecule has 0 heterocycles. The molecule has 2 rings (SSSR count). The van der Waals surface area contributed by atoms with Crippen LogP contribution in [0.4, 0.5) is 8.78 Å². The van der Waals surface area contributed by atoms with Crippen LogP contribution in [0.15, 0.2) is 42.5 Å². The topological polar surface area (TPSA) is 26.3 Å².